The second-order valence-corrected chi connectivity index (χ2v) is 4.52. The van der Waals surface area contributed by atoms with E-state index < -0.39 is 0 Å². The van der Waals surface area contributed by atoms with Crippen LogP contribution in [0.25, 0.3) is 0 Å². The third kappa shape index (κ3) is 3.70. The lowest BCUT2D eigenvalue weighted by Gasteiger charge is -2.24. The van der Waals surface area contributed by atoms with E-state index in [4.69, 9.17) is 9.47 Å². The Morgan fingerprint density at radius 2 is 2.06 bits per heavy atom. The third-order valence-electron chi connectivity index (χ3n) is 3.05. The SMILES string of the molecule is C[C@H]1C=CC(=O)O[C@H]1CCOCc1ccccc1. The molecule has 2 rings (SSSR count). The van der Waals surface area contributed by atoms with E-state index in [2.05, 4.69) is 0 Å². The first-order valence-electron chi connectivity index (χ1n) is 6.26. The summed E-state index contributed by atoms with van der Waals surface area (Å²) in [6.45, 7) is 3.25. The van der Waals surface area contributed by atoms with Crippen LogP contribution in [0.3, 0.4) is 0 Å². The molecule has 3 nitrogen and oxygen atoms in total. The molecule has 0 spiro atoms. The molecule has 0 amide bonds. The van der Waals surface area contributed by atoms with Gasteiger partial charge in [-0.25, -0.2) is 4.79 Å². The summed E-state index contributed by atoms with van der Waals surface area (Å²) in [6.07, 6.45) is 4.07. The summed E-state index contributed by atoms with van der Waals surface area (Å²) >= 11 is 0. The number of ether oxygens (including phenoxy) is 2. The summed E-state index contributed by atoms with van der Waals surface area (Å²) in [7, 11) is 0. The molecule has 0 bridgehead atoms. The number of hydrogen-bond acceptors (Lipinski definition) is 3. The van der Waals surface area contributed by atoms with Crippen molar-refractivity contribution in [1.29, 1.82) is 0 Å². The molecule has 1 aliphatic heterocycles. The normalized spacial score (nSPS) is 22.8. The molecule has 0 radical (unpaired) electrons. The zero-order valence-corrected chi connectivity index (χ0v) is 10.5. The maximum atomic E-state index is 11.1. The minimum Gasteiger partial charge on any atom is -0.459 e. The monoisotopic (exact) mass is 246 g/mol. The second-order valence-electron chi connectivity index (χ2n) is 4.52. The molecule has 1 aromatic carbocycles. The van der Waals surface area contributed by atoms with Crippen molar-refractivity contribution in [1.82, 2.24) is 0 Å². The maximum absolute atomic E-state index is 11.1. The summed E-state index contributed by atoms with van der Waals surface area (Å²) < 4.78 is 10.8. The Hall–Kier alpha value is -1.61. The Kier molecular flexibility index (Phi) is 4.53. The molecule has 18 heavy (non-hydrogen) atoms. The van der Waals surface area contributed by atoms with Crippen LogP contribution in [0.4, 0.5) is 0 Å². The summed E-state index contributed by atoms with van der Waals surface area (Å²) in [5, 5.41) is 0. The molecule has 96 valence electrons. The predicted octanol–water partition coefficient (Wildman–Crippen LogP) is 2.71. The number of carbonyl (C=O) groups is 1. The number of cyclic esters (lactones) is 1. The van der Waals surface area contributed by atoms with Gasteiger partial charge in [0.05, 0.1) is 13.2 Å². The molecule has 3 heteroatoms. The molecule has 0 saturated carbocycles. The zero-order valence-electron chi connectivity index (χ0n) is 10.5. The number of esters is 1. The molecule has 0 unspecified atom stereocenters. The minimum absolute atomic E-state index is 0.0572. The van der Waals surface area contributed by atoms with Crippen LogP contribution in [0.5, 0.6) is 0 Å². The largest absolute Gasteiger partial charge is 0.459 e. The summed E-state index contributed by atoms with van der Waals surface area (Å²) in [5.41, 5.74) is 1.16. The van der Waals surface area contributed by atoms with Gasteiger partial charge in [-0.1, -0.05) is 43.3 Å². The summed E-state index contributed by atoms with van der Waals surface area (Å²) in [4.78, 5) is 11.1. The Morgan fingerprint density at radius 3 is 2.83 bits per heavy atom. The van der Waals surface area contributed by atoms with Gasteiger partial charge in [0.1, 0.15) is 6.10 Å². The van der Waals surface area contributed by atoms with Crippen LogP contribution < -0.4 is 0 Å². The zero-order chi connectivity index (χ0) is 12.8. The average molecular weight is 246 g/mol. The van der Waals surface area contributed by atoms with Gasteiger partial charge in [-0.05, 0) is 5.56 Å². The van der Waals surface area contributed by atoms with Gasteiger partial charge in [0.2, 0.25) is 0 Å². The van der Waals surface area contributed by atoms with Gasteiger partial charge >= 0.3 is 5.97 Å². The lowest BCUT2D eigenvalue weighted by Crippen LogP contribution is -2.28. The molecule has 0 aliphatic carbocycles. The highest BCUT2D eigenvalue weighted by molar-refractivity contribution is 5.82. The maximum Gasteiger partial charge on any atom is 0.330 e. The van der Waals surface area contributed by atoms with Gasteiger partial charge in [0, 0.05) is 18.4 Å². The van der Waals surface area contributed by atoms with E-state index in [9.17, 15) is 4.79 Å². The standard InChI is InChI=1S/C15H18O3/c1-12-7-8-15(16)18-14(12)9-10-17-11-13-5-3-2-4-6-13/h2-8,12,14H,9-11H2,1H3/t12-,14-/m0/s1. The van der Waals surface area contributed by atoms with Gasteiger partial charge in [-0.15, -0.1) is 0 Å². The molecular weight excluding hydrogens is 228 g/mol. The fourth-order valence-electron chi connectivity index (χ4n) is 1.94. The average Bonchev–Trinajstić information content (AvgIpc) is 2.40. The molecule has 1 heterocycles. The van der Waals surface area contributed by atoms with Crippen molar-refractivity contribution >= 4 is 5.97 Å². The molecule has 2 atom stereocenters. The first kappa shape index (κ1) is 12.8. The number of benzene rings is 1. The van der Waals surface area contributed by atoms with Gasteiger partial charge in [0.15, 0.2) is 0 Å². The fourth-order valence-corrected chi connectivity index (χ4v) is 1.94. The van der Waals surface area contributed by atoms with Crippen molar-refractivity contribution in [3.05, 3.63) is 48.0 Å². The van der Waals surface area contributed by atoms with Gasteiger partial charge < -0.3 is 9.47 Å². The van der Waals surface area contributed by atoms with Crippen molar-refractivity contribution < 1.29 is 14.3 Å². The van der Waals surface area contributed by atoms with Crippen LogP contribution in [-0.4, -0.2) is 18.7 Å². The van der Waals surface area contributed by atoms with E-state index in [0.29, 0.717) is 13.2 Å². The molecule has 0 saturated heterocycles. The minimum atomic E-state index is -0.249. The smallest absolute Gasteiger partial charge is 0.330 e. The summed E-state index contributed by atoms with van der Waals surface area (Å²) in [6, 6.07) is 10.0. The van der Waals surface area contributed by atoms with E-state index in [-0.39, 0.29) is 18.0 Å². The molecule has 0 N–H and O–H groups in total. The van der Waals surface area contributed by atoms with Gasteiger partial charge in [-0.2, -0.15) is 0 Å². The fraction of sp³-hybridized carbons (Fsp3) is 0.400. The summed E-state index contributed by atoms with van der Waals surface area (Å²) in [5.74, 6) is 0.0178. The van der Waals surface area contributed by atoms with Crippen molar-refractivity contribution in [3.8, 4) is 0 Å². The van der Waals surface area contributed by atoms with Crippen LogP contribution in [0.15, 0.2) is 42.5 Å². The van der Waals surface area contributed by atoms with E-state index in [1.54, 1.807) is 0 Å². The molecule has 0 aromatic heterocycles. The van der Waals surface area contributed by atoms with Crippen molar-refractivity contribution in [2.45, 2.75) is 26.1 Å². The highest BCUT2D eigenvalue weighted by Gasteiger charge is 2.22. The first-order chi connectivity index (χ1) is 8.75. The van der Waals surface area contributed by atoms with Crippen LogP contribution in [0, 0.1) is 5.92 Å². The predicted molar refractivity (Wildman–Crippen MR) is 68.9 cm³/mol. The lowest BCUT2D eigenvalue weighted by molar-refractivity contribution is -0.147. The van der Waals surface area contributed by atoms with Crippen LogP contribution in [0.1, 0.15) is 18.9 Å². The van der Waals surface area contributed by atoms with E-state index in [0.717, 1.165) is 12.0 Å². The molecular formula is C15H18O3. The van der Waals surface area contributed by atoms with E-state index in [1.807, 2.05) is 43.3 Å². The number of carbonyl (C=O) groups excluding carboxylic acids is 1. The highest BCUT2D eigenvalue weighted by Crippen LogP contribution is 2.18. The Balaban J connectivity index is 1.69. The second kappa shape index (κ2) is 6.36. The molecule has 1 aromatic rings. The van der Waals surface area contributed by atoms with Crippen molar-refractivity contribution in [2.75, 3.05) is 6.61 Å². The third-order valence-corrected chi connectivity index (χ3v) is 3.05. The van der Waals surface area contributed by atoms with Gasteiger partial charge in [-0.3, -0.25) is 0 Å². The lowest BCUT2D eigenvalue weighted by atomic mass is 10.00. The first-order valence-corrected chi connectivity index (χ1v) is 6.26. The topological polar surface area (TPSA) is 35.5 Å². The number of rotatable bonds is 5. The quantitative estimate of drug-likeness (QED) is 0.592. The molecule has 1 aliphatic rings. The van der Waals surface area contributed by atoms with Crippen molar-refractivity contribution in [2.24, 2.45) is 5.92 Å². The van der Waals surface area contributed by atoms with Gasteiger partial charge in [0.25, 0.3) is 0 Å². The van der Waals surface area contributed by atoms with Crippen molar-refractivity contribution in [3.63, 3.8) is 0 Å². The Morgan fingerprint density at radius 1 is 1.28 bits per heavy atom. The highest BCUT2D eigenvalue weighted by atomic mass is 16.5. The molecule has 0 fully saturated rings. The van der Waals surface area contributed by atoms with E-state index in [1.165, 1.54) is 6.08 Å². The van der Waals surface area contributed by atoms with E-state index >= 15 is 0 Å². The Labute approximate surface area is 107 Å². The van der Waals surface area contributed by atoms with Crippen LogP contribution in [0.2, 0.25) is 0 Å². The van der Waals surface area contributed by atoms with Crippen LogP contribution >= 0.6 is 0 Å². The van der Waals surface area contributed by atoms with Crippen LogP contribution in [-0.2, 0) is 20.9 Å². The Bertz CT molecular complexity index is 411. The number of hydrogen-bond donors (Lipinski definition) is 0.